The largest absolute Gasteiger partial charge is 0.339 e. The Morgan fingerprint density at radius 1 is 1.19 bits per heavy atom. The van der Waals surface area contributed by atoms with E-state index in [2.05, 4.69) is 15.2 Å². The molecule has 1 aliphatic rings. The van der Waals surface area contributed by atoms with Crippen LogP contribution in [0.1, 0.15) is 43.6 Å². The number of nitrogens with zero attached hydrogens (tertiary/aromatic N) is 4. The molecule has 0 saturated carbocycles. The van der Waals surface area contributed by atoms with E-state index in [1.54, 1.807) is 4.90 Å². The molecule has 0 radical (unpaired) electrons. The van der Waals surface area contributed by atoms with Crippen molar-refractivity contribution in [3.63, 3.8) is 0 Å². The number of aromatic nitrogens is 3. The Morgan fingerprint density at radius 3 is 2.33 bits per heavy atom. The van der Waals surface area contributed by atoms with Crippen molar-refractivity contribution in [2.24, 2.45) is 5.92 Å². The fourth-order valence-corrected chi connectivity index (χ4v) is 2.33. The Labute approximate surface area is 124 Å². The smallest absolute Gasteiger partial charge is 0.293 e. The minimum Gasteiger partial charge on any atom is -0.339 e. The van der Waals surface area contributed by atoms with Gasteiger partial charge in [-0.15, -0.1) is 5.10 Å². The molecule has 1 saturated heterocycles. The van der Waals surface area contributed by atoms with Crippen LogP contribution in [0.15, 0.2) is 0 Å². The van der Waals surface area contributed by atoms with Crippen LogP contribution in [0.25, 0.3) is 0 Å². The van der Waals surface area contributed by atoms with E-state index in [4.69, 9.17) is 0 Å². The molecule has 7 nitrogen and oxygen atoms in total. The lowest BCUT2D eigenvalue weighted by Crippen LogP contribution is -2.51. The van der Waals surface area contributed by atoms with Crippen molar-refractivity contribution in [3.8, 4) is 0 Å². The summed E-state index contributed by atoms with van der Waals surface area (Å²) in [6.07, 6.45) is 1.28. The molecule has 7 heteroatoms. The van der Waals surface area contributed by atoms with E-state index in [-0.39, 0.29) is 17.6 Å². The number of H-pyrrole nitrogens is 1. The molecule has 0 unspecified atom stereocenters. The SMILES string of the molecule is CCc1nc(C(=O)N2CCN(C(=O)CC(C)C)CC2)n[nH]1. The van der Waals surface area contributed by atoms with Gasteiger partial charge >= 0.3 is 0 Å². The average Bonchev–Trinajstić information content (AvgIpc) is 2.95. The van der Waals surface area contributed by atoms with Crippen molar-refractivity contribution in [3.05, 3.63) is 11.6 Å². The van der Waals surface area contributed by atoms with Gasteiger partial charge in [-0.3, -0.25) is 14.7 Å². The fourth-order valence-electron chi connectivity index (χ4n) is 2.33. The normalized spacial score (nSPS) is 15.6. The minimum absolute atomic E-state index is 0.165. The Bertz CT molecular complexity index is 503. The first-order valence-corrected chi connectivity index (χ1v) is 7.49. The summed E-state index contributed by atoms with van der Waals surface area (Å²) in [6, 6.07) is 0. The lowest BCUT2D eigenvalue weighted by molar-refractivity contribution is -0.133. The van der Waals surface area contributed by atoms with Gasteiger partial charge in [0.25, 0.3) is 5.91 Å². The summed E-state index contributed by atoms with van der Waals surface area (Å²) < 4.78 is 0. The quantitative estimate of drug-likeness (QED) is 0.886. The number of nitrogens with one attached hydrogen (secondary N) is 1. The molecule has 0 bridgehead atoms. The van der Waals surface area contributed by atoms with Crippen LogP contribution in [0.2, 0.25) is 0 Å². The molecule has 1 fully saturated rings. The highest BCUT2D eigenvalue weighted by atomic mass is 16.2. The second-order valence-corrected chi connectivity index (χ2v) is 5.73. The summed E-state index contributed by atoms with van der Waals surface area (Å²) in [5.41, 5.74) is 0. The van der Waals surface area contributed by atoms with Gasteiger partial charge in [-0.05, 0) is 5.92 Å². The van der Waals surface area contributed by atoms with Crippen molar-refractivity contribution >= 4 is 11.8 Å². The minimum atomic E-state index is -0.165. The number of hydrogen-bond donors (Lipinski definition) is 1. The highest BCUT2D eigenvalue weighted by Crippen LogP contribution is 2.10. The van der Waals surface area contributed by atoms with E-state index >= 15 is 0 Å². The summed E-state index contributed by atoms with van der Waals surface area (Å²) in [5, 5.41) is 6.70. The Balaban J connectivity index is 1.88. The second kappa shape index (κ2) is 6.69. The molecule has 116 valence electrons. The molecule has 1 aromatic heterocycles. The van der Waals surface area contributed by atoms with Crippen molar-refractivity contribution in [1.82, 2.24) is 25.0 Å². The summed E-state index contributed by atoms with van der Waals surface area (Å²) in [7, 11) is 0. The van der Waals surface area contributed by atoms with Gasteiger partial charge in [0, 0.05) is 39.0 Å². The predicted molar refractivity (Wildman–Crippen MR) is 77.7 cm³/mol. The second-order valence-electron chi connectivity index (χ2n) is 5.73. The van der Waals surface area contributed by atoms with Crippen molar-refractivity contribution < 1.29 is 9.59 Å². The number of rotatable bonds is 4. The molecule has 1 N–H and O–H groups in total. The average molecular weight is 293 g/mol. The molecule has 2 amide bonds. The number of carbonyl (C=O) groups is 2. The van der Waals surface area contributed by atoms with Crippen molar-refractivity contribution in [1.29, 1.82) is 0 Å². The Hall–Kier alpha value is -1.92. The topological polar surface area (TPSA) is 82.2 Å². The maximum absolute atomic E-state index is 12.3. The summed E-state index contributed by atoms with van der Waals surface area (Å²) in [5.74, 6) is 1.29. The van der Waals surface area contributed by atoms with E-state index in [1.807, 2.05) is 25.7 Å². The standard InChI is InChI=1S/C14H23N5O2/c1-4-11-15-13(17-16-11)14(21)19-7-5-18(6-8-19)12(20)9-10(2)3/h10H,4-9H2,1-3H3,(H,15,16,17). The van der Waals surface area contributed by atoms with Gasteiger partial charge in [-0.2, -0.15) is 0 Å². The molecule has 0 atom stereocenters. The van der Waals surface area contributed by atoms with Crippen LogP contribution in [0.5, 0.6) is 0 Å². The Morgan fingerprint density at radius 2 is 1.81 bits per heavy atom. The zero-order chi connectivity index (χ0) is 15.4. The maximum Gasteiger partial charge on any atom is 0.293 e. The summed E-state index contributed by atoms with van der Waals surface area (Å²) >= 11 is 0. The van der Waals surface area contributed by atoms with Gasteiger partial charge in [0.2, 0.25) is 11.7 Å². The maximum atomic E-state index is 12.3. The lowest BCUT2D eigenvalue weighted by Gasteiger charge is -2.34. The predicted octanol–water partition coefficient (Wildman–Crippen LogP) is 0.698. The lowest BCUT2D eigenvalue weighted by atomic mass is 10.1. The van der Waals surface area contributed by atoms with Gasteiger partial charge in [0.05, 0.1) is 0 Å². The number of hydrogen-bond acceptors (Lipinski definition) is 4. The molecule has 0 aromatic carbocycles. The van der Waals surface area contributed by atoms with Crippen LogP contribution in [0, 0.1) is 5.92 Å². The van der Waals surface area contributed by atoms with Gasteiger partial charge in [0.15, 0.2) is 0 Å². The molecule has 2 heterocycles. The van der Waals surface area contributed by atoms with E-state index in [0.29, 0.717) is 44.3 Å². The fraction of sp³-hybridized carbons (Fsp3) is 0.714. The molecular weight excluding hydrogens is 270 g/mol. The number of aryl methyl sites for hydroxylation is 1. The van der Waals surface area contributed by atoms with Crippen LogP contribution in [0.4, 0.5) is 0 Å². The number of amides is 2. The molecule has 2 rings (SSSR count). The van der Waals surface area contributed by atoms with Crippen molar-refractivity contribution in [2.45, 2.75) is 33.6 Å². The van der Waals surface area contributed by atoms with E-state index in [9.17, 15) is 9.59 Å². The van der Waals surface area contributed by atoms with E-state index in [1.165, 1.54) is 0 Å². The number of carbonyl (C=O) groups excluding carboxylic acids is 2. The van der Waals surface area contributed by atoms with Crippen LogP contribution < -0.4 is 0 Å². The molecule has 1 aliphatic heterocycles. The van der Waals surface area contributed by atoms with Gasteiger partial charge in [-0.1, -0.05) is 20.8 Å². The third-order valence-electron chi connectivity index (χ3n) is 3.56. The highest BCUT2D eigenvalue weighted by Gasteiger charge is 2.26. The first-order valence-electron chi connectivity index (χ1n) is 7.49. The van der Waals surface area contributed by atoms with Crippen molar-refractivity contribution in [2.75, 3.05) is 26.2 Å². The third-order valence-corrected chi connectivity index (χ3v) is 3.56. The van der Waals surface area contributed by atoms with E-state index in [0.717, 1.165) is 6.42 Å². The number of aromatic amines is 1. The van der Waals surface area contributed by atoms with Gasteiger partial charge in [0.1, 0.15) is 5.82 Å². The summed E-state index contributed by atoms with van der Waals surface area (Å²) in [4.78, 5) is 32.0. The Kier molecular flexibility index (Phi) is 4.93. The summed E-state index contributed by atoms with van der Waals surface area (Å²) in [6.45, 7) is 8.27. The third kappa shape index (κ3) is 3.80. The highest BCUT2D eigenvalue weighted by molar-refractivity contribution is 5.90. The molecule has 0 spiro atoms. The monoisotopic (exact) mass is 293 g/mol. The van der Waals surface area contributed by atoms with Gasteiger partial charge < -0.3 is 9.80 Å². The molecule has 1 aromatic rings. The first-order chi connectivity index (χ1) is 10.0. The van der Waals surface area contributed by atoms with Crippen LogP contribution in [-0.4, -0.2) is 63.0 Å². The van der Waals surface area contributed by atoms with Crippen LogP contribution in [-0.2, 0) is 11.2 Å². The molecule has 0 aliphatic carbocycles. The van der Waals surface area contributed by atoms with E-state index < -0.39 is 0 Å². The number of piperazine rings is 1. The zero-order valence-electron chi connectivity index (χ0n) is 12.9. The zero-order valence-corrected chi connectivity index (χ0v) is 12.9. The van der Waals surface area contributed by atoms with Gasteiger partial charge in [-0.25, -0.2) is 4.98 Å². The molecular formula is C14H23N5O2. The van der Waals surface area contributed by atoms with Crippen LogP contribution >= 0.6 is 0 Å². The molecule has 21 heavy (non-hydrogen) atoms. The first kappa shape index (κ1) is 15.5. The van der Waals surface area contributed by atoms with Crippen LogP contribution in [0.3, 0.4) is 0 Å².